The average Bonchev–Trinajstić information content (AvgIpc) is 3.28. The monoisotopic (exact) mass is 305 g/mol. The van der Waals surface area contributed by atoms with Gasteiger partial charge in [-0.05, 0) is 43.9 Å². The van der Waals surface area contributed by atoms with Gasteiger partial charge in [0, 0.05) is 24.9 Å². The van der Waals surface area contributed by atoms with Crippen LogP contribution >= 0.6 is 11.8 Å². The second-order valence-electron chi connectivity index (χ2n) is 6.28. The third kappa shape index (κ3) is 4.95. The Kier molecular flexibility index (Phi) is 5.57. The lowest BCUT2D eigenvalue weighted by Gasteiger charge is -2.23. The number of hydrogen-bond acceptors (Lipinski definition) is 2. The van der Waals surface area contributed by atoms with Gasteiger partial charge in [0.2, 0.25) is 0 Å². The fourth-order valence-electron chi connectivity index (χ4n) is 2.40. The predicted octanol–water partition coefficient (Wildman–Crippen LogP) is 3.10. The van der Waals surface area contributed by atoms with Crippen LogP contribution in [0.2, 0.25) is 0 Å². The number of thioether (sulfide) groups is 1. The van der Waals surface area contributed by atoms with Gasteiger partial charge in [-0.25, -0.2) is 0 Å². The van der Waals surface area contributed by atoms with Crippen LogP contribution in [0.1, 0.15) is 31.7 Å². The number of rotatable bonds is 6. The van der Waals surface area contributed by atoms with E-state index in [1.165, 1.54) is 12.0 Å². The third-order valence-corrected chi connectivity index (χ3v) is 5.39. The first kappa shape index (κ1) is 16.2. The number of aliphatic imine (C=N–C) groups is 1. The highest BCUT2D eigenvalue weighted by molar-refractivity contribution is 7.99. The molecule has 0 saturated heterocycles. The molecule has 0 radical (unpaired) electrons. The van der Waals surface area contributed by atoms with Gasteiger partial charge in [-0.3, -0.25) is 4.99 Å². The Bertz CT molecular complexity index is 470. The molecule has 0 amide bonds. The molecule has 0 heterocycles. The van der Waals surface area contributed by atoms with Crippen molar-refractivity contribution >= 4 is 17.7 Å². The topological polar surface area (TPSA) is 36.4 Å². The maximum absolute atomic E-state index is 4.31. The van der Waals surface area contributed by atoms with Crippen molar-refractivity contribution in [3.8, 4) is 0 Å². The summed E-state index contributed by atoms with van der Waals surface area (Å²) in [7, 11) is 1.84. The summed E-state index contributed by atoms with van der Waals surface area (Å²) in [6.45, 7) is 6.40. The normalized spacial score (nSPS) is 22.0. The molecule has 0 bridgehead atoms. The molecule has 2 N–H and O–H groups in total. The van der Waals surface area contributed by atoms with E-state index in [1.54, 1.807) is 0 Å². The van der Waals surface area contributed by atoms with Crippen LogP contribution in [0, 0.1) is 5.92 Å². The van der Waals surface area contributed by atoms with Crippen LogP contribution in [0.3, 0.4) is 0 Å². The molecule has 2 rings (SSSR count). The van der Waals surface area contributed by atoms with Gasteiger partial charge >= 0.3 is 0 Å². The maximum atomic E-state index is 4.31. The second-order valence-corrected chi connectivity index (χ2v) is 7.80. The quantitative estimate of drug-likeness (QED) is 0.626. The Balaban J connectivity index is 1.73. The zero-order valence-electron chi connectivity index (χ0n) is 13.5. The molecule has 21 heavy (non-hydrogen) atoms. The van der Waals surface area contributed by atoms with E-state index in [0.29, 0.717) is 0 Å². The zero-order valence-corrected chi connectivity index (χ0v) is 14.3. The minimum Gasteiger partial charge on any atom is -0.356 e. The Hall–Kier alpha value is -1.16. The highest BCUT2D eigenvalue weighted by Gasteiger charge is 2.37. The molecule has 3 nitrogen and oxygen atoms in total. The number of hydrogen-bond donors (Lipinski definition) is 2. The van der Waals surface area contributed by atoms with Crippen molar-refractivity contribution in [1.29, 1.82) is 0 Å². The number of nitrogens with zero attached hydrogens (tertiary/aromatic N) is 1. The van der Waals surface area contributed by atoms with Crippen molar-refractivity contribution in [3.05, 3.63) is 35.9 Å². The summed E-state index contributed by atoms with van der Waals surface area (Å²) >= 11 is 1.87. The summed E-state index contributed by atoms with van der Waals surface area (Å²) in [5.41, 5.74) is 1.47. The Morgan fingerprint density at radius 1 is 1.29 bits per heavy atom. The summed E-state index contributed by atoms with van der Waals surface area (Å²) in [5.74, 6) is 2.37. The van der Waals surface area contributed by atoms with E-state index in [0.717, 1.165) is 30.9 Å². The highest BCUT2D eigenvalue weighted by Crippen LogP contribution is 2.46. The molecule has 0 spiro atoms. The van der Waals surface area contributed by atoms with Gasteiger partial charge in [0.25, 0.3) is 0 Å². The van der Waals surface area contributed by atoms with Crippen molar-refractivity contribution in [2.45, 2.75) is 30.9 Å². The smallest absolute Gasteiger partial charge is 0.191 e. The van der Waals surface area contributed by atoms with Crippen LogP contribution in [0.15, 0.2) is 35.3 Å². The molecular weight excluding hydrogens is 278 g/mol. The first-order valence-electron chi connectivity index (χ1n) is 7.60. The lowest BCUT2D eigenvalue weighted by molar-refractivity contribution is 0.654. The van der Waals surface area contributed by atoms with Crippen LogP contribution in [0.4, 0.5) is 0 Å². The molecule has 1 saturated carbocycles. The van der Waals surface area contributed by atoms with Crippen LogP contribution in [-0.4, -0.2) is 37.1 Å². The number of benzene rings is 1. The standard InChI is InChI=1S/C17H27N3S/c1-17(2,21-4)12-20-16(18-3)19-11-14-10-15(14)13-8-6-5-7-9-13/h5-9,14-15H,10-12H2,1-4H3,(H2,18,19,20). The van der Waals surface area contributed by atoms with Gasteiger partial charge in [0.1, 0.15) is 0 Å². The summed E-state index contributed by atoms with van der Waals surface area (Å²) in [4.78, 5) is 4.31. The zero-order chi connectivity index (χ0) is 15.3. The lowest BCUT2D eigenvalue weighted by atomic mass is 10.1. The predicted molar refractivity (Wildman–Crippen MR) is 94.2 cm³/mol. The summed E-state index contributed by atoms with van der Waals surface area (Å²) in [6, 6.07) is 10.8. The Morgan fingerprint density at radius 3 is 2.62 bits per heavy atom. The fourth-order valence-corrected chi connectivity index (χ4v) is 2.62. The summed E-state index contributed by atoms with van der Waals surface area (Å²) < 4.78 is 0.226. The van der Waals surface area contributed by atoms with E-state index in [2.05, 4.69) is 66.1 Å². The highest BCUT2D eigenvalue weighted by atomic mass is 32.2. The largest absolute Gasteiger partial charge is 0.356 e. The van der Waals surface area contributed by atoms with E-state index in [1.807, 2.05) is 18.8 Å². The molecular formula is C17H27N3S. The van der Waals surface area contributed by atoms with Crippen molar-refractivity contribution in [2.75, 3.05) is 26.4 Å². The SMILES string of the molecule is CN=C(NCC1CC1c1ccccc1)NCC(C)(C)SC. The molecule has 116 valence electrons. The van der Waals surface area contributed by atoms with Gasteiger partial charge in [0.05, 0.1) is 0 Å². The first-order valence-corrected chi connectivity index (χ1v) is 8.83. The van der Waals surface area contributed by atoms with Gasteiger partial charge in [-0.15, -0.1) is 0 Å². The second kappa shape index (κ2) is 7.21. The fraction of sp³-hybridized carbons (Fsp3) is 0.588. The van der Waals surface area contributed by atoms with Crippen molar-refractivity contribution < 1.29 is 0 Å². The summed E-state index contributed by atoms with van der Waals surface area (Å²) in [6.07, 6.45) is 3.43. The molecule has 1 aliphatic rings. The van der Waals surface area contributed by atoms with E-state index >= 15 is 0 Å². The molecule has 0 aliphatic heterocycles. The van der Waals surface area contributed by atoms with E-state index in [-0.39, 0.29) is 4.75 Å². The third-order valence-electron chi connectivity index (χ3n) is 4.14. The minimum absolute atomic E-state index is 0.226. The van der Waals surface area contributed by atoms with Crippen molar-refractivity contribution in [3.63, 3.8) is 0 Å². The first-order chi connectivity index (χ1) is 10.1. The van der Waals surface area contributed by atoms with E-state index in [4.69, 9.17) is 0 Å². The number of guanidine groups is 1. The molecule has 2 unspecified atom stereocenters. The van der Waals surface area contributed by atoms with E-state index in [9.17, 15) is 0 Å². The average molecular weight is 305 g/mol. The minimum atomic E-state index is 0.226. The van der Waals surface area contributed by atoms with Gasteiger partial charge in [0.15, 0.2) is 5.96 Å². The van der Waals surface area contributed by atoms with Gasteiger partial charge < -0.3 is 10.6 Å². The van der Waals surface area contributed by atoms with Crippen LogP contribution < -0.4 is 10.6 Å². The van der Waals surface area contributed by atoms with Crippen molar-refractivity contribution in [2.24, 2.45) is 10.9 Å². The van der Waals surface area contributed by atoms with E-state index < -0.39 is 0 Å². The molecule has 4 heteroatoms. The van der Waals surface area contributed by atoms with Crippen molar-refractivity contribution in [1.82, 2.24) is 10.6 Å². The molecule has 1 aromatic carbocycles. The number of nitrogens with one attached hydrogen (secondary N) is 2. The molecule has 1 fully saturated rings. The summed E-state index contributed by atoms with van der Waals surface area (Å²) in [5, 5.41) is 6.87. The van der Waals surface area contributed by atoms with Crippen LogP contribution in [-0.2, 0) is 0 Å². The molecule has 0 aromatic heterocycles. The lowest BCUT2D eigenvalue weighted by Crippen LogP contribution is -2.43. The molecule has 1 aliphatic carbocycles. The molecule has 2 atom stereocenters. The van der Waals surface area contributed by atoms with Crippen LogP contribution in [0.25, 0.3) is 0 Å². The Morgan fingerprint density at radius 2 is 2.00 bits per heavy atom. The van der Waals surface area contributed by atoms with Gasteiger partial charge in [-0.1, -0.05) is 30.3 Å². The molecule has 1 aromatic rings. The van der Waals surface area contributed by atoms with Crippen LogP contribution in [0.5, 0.6) is 0 Å². The van der Waals surface area contributed by atoms with Gasteiger partial charge in [-0.2, -0.15) is 11.8 Å². The maximum Gasteiger partial charge on any atom is 0.191 e. The Labute approximate surface area is 133 Å².